The third-order valence-corrected chi connectivity index (χ3v) is 2.63. The molecule has 18 heavy (non-hydrogen) atoms. The molecule has 1 rings (SSSR count). The SMILES string of the molecule is CCOC(=O)CC1C=CC(CC(=O)OCC)C=C1. The Bertz CT molecular complexity index is 298. The number of esters is 2. The van der Waals surface area contributed by atoms with Gasteiger partial charge in [0.1, 0.15) is 0 Å². The van der Waals surface area contributed by atoms with Gasteiger partial charge in [-0.15, -0.1) is 0 Å². The van der Waals surface area contributed by atoms with E-state index in [1.165, 1.54) is 0 Å². The first-order valence-electron chi connectivity index (χ1n) is 6.33. The lowest BCUT2D eigenvalue weighted by Crippen LogP contribution is -2.13. The molecular formula is C14H20O4. The molecule has 0 fully saturated rings. The zero-order valence-corrected chi connectivity index (χ0v) is 10.9. The molecule has 0 radical (unpaired) electrons. The molecule has 0 spiro atoms. The molecule has 4 heteroatoms. The molecule has 0 bridgehead atoms. The van der Waals surface area contributed by atoms with Gasteiger partial charge in [0.15, 0.2) is 0 Å². The van der Waals surface area contributed by atoms with Crippen LogP contribution in [-0.4, -0.2) is 25.2 Å². The van der Waals surface area contributed by atoms with Crippen LogP contribution in [0.1, 0.15) is 26.7 Å². The van der Waals surface area contributed by atoms with Gasteiger partial charge in [0.25, 0.3) is 0 Å². The minimum absolute atomic E-state index is 0.0718. The smallest absolute Gasteiger partial charge is 0.306 e. The lowest BCUT2D eigenvalue weighted by Gasteiger charge is -2.15. The first kappa shape index (κ1) is 14.5. The molecule has 0 aromatic carbocycles. The van der Waals surface area contributed by atoms with E-state index in [9.17, 15) is 9.59 Å². The highest BCUT2D eigenvalue weighted by atomic mass is 16.5. The lowest BCUT2D eigenvalue weighted by atomic mass is 9.92. The average molecular weight is 252 g/mol. The van der Waals surface area contributed by atoms with Crippen molar-refractivity contribution in [2.24, 2.45) is 11.8 Å². The number of hydrogen-bond acceptors (Lipinski definition) is 4. The summed E-state index contributed by atoms with van der Waals surface area (Å²) in [5, 5.41) is 0. The van der Waals surface area contributed by atoms with Gasteiger partial charge in [0, 0.05) is 11.8 Å². The highest BCUT2D eigenvalue weighted by Crippen LogP contribution is 2.20. The maximum Gasteiger partial charge on any atom is 0.306 e. The summed E-state index contributed by atoms with van der Waals surface area (Å²) in [5.41, 5.74) is 0. The predicted molar refractivity (Wildman–Crippen MR) is 67.8 cm³/mol. The van der Waals surface area contributed by atoms with Gasteiger partial charge in [0.2, 0.25) is 0 Å². The van der Waals surface area contributed by atoms with E-state index in [1.54, 1.807) is 13.8 Å². The number of hydrogen-bond donors (Lipinski definition) is 0. The van der Waals surface area contributed by atoms with Crippen LogP contribution in [0.15, 0.2) is 24.3 Å². The van der Waals surface area contributed by atoms with Gasteiger partial charge in [-0.3, -0.25) is 9.59 Å². The van der Waals surface area contributed by atoms with Crippen molar-refractivity contribution < 1.29 is 19.1 Å². The molecule has 0 atom stereocenters. The maximum absolute atomic E-state index is 11.3. The van der Waals surface area contributed by atoms with E-state index in [2.05, 4.69) is 0 Å². The van der Waals surface area contributed by atoms with E-state index in [0.29, 0.717) is 26.1 Å². The standard InChI is InChI=1S/C14H20O4/c1-3-17-13(15)9-11-5-7-12(8-6-11)10-14(16)18-4-2/h5-8,11-12H,3-4,9-10H2,1-2H3. The molecule has 0 aromatic heterocycles. The van der Waals surface area contributed by atoms with Crippen LogP contribution in [-0.2, 0) is 19.1 Å². The lowest BCUT2D eigenvalue weighted by molar-refractivity contribution is -0.144. The summed E-state index contributed by atoms with van der Waals surface area (Å²) in [6, 6.07) is 0. The summed E-state index contributed by atoms with van der Waals surface area (Å²) in [5.74, 6) is -0.244. The summed E-state index contributed by atoms with van der Waals surface area (Å²) in [4.78, 5) is 22.6. The predicted octanol–water partition coefficient (Wildman–Crippen LogP) is 2.25. The minimum Gasteiger partial charge on any atom is -0.466 e. The summed E-state index contributed by atoms with van der Waals surface area (Å²) in [6.45, 7) is 4.40. The van der Waals surface area contributed by atoms with Crippen LogP contribution in [0.3, 0.4) is 0 Å². The molecule has 1 aliphatic rings. The minimum atomic E-state index is -0.194. The first-order valence-corrected chi connectivity index (χ1v) is 6.33. The third-order valence-electron chi connectivity index (χ3n) is 2.63. The van der Waals surface area contributed by atoms with Crippen LogP contribution in [0, 0.1) is 11.8 Å². The molecule has 0 unspecified atom stereocenters. The number of ether oxygens (including phenoxy) is 2. The van der Waals surface area contributed by atoms with Gasteiger partial charge in [0.05, 0.1) is 26.1 Å². The van der Waals surface area contributed by atoms with E-state index in [-0.39, 0.29) is 23.8 Å². The van der Waals surface area contributed by atoms with Crippen molar-refractivity contribution in [1.29, 1.82) is 0 Å². The molecule has 0 aliphatic heterocycles. The van der Waals surface area contributed by atoms with Crippen molar-refractivity contribution in [3.05, 3.63) is 24.3 Å². The second-order valence-electron chi connectivity index (χ2n) is 4.12. The quantitative estimate of drug-likeness (QED) is 0.537. The van der Waals surface area contributed by atoms with Crippen molar-refractivity contribution in [3.63, 3.8) is 0 Å². The van der Waals surface area contributed by atoms with E-state index in [4.69, 9.17) is 9.47 Å². The van der Waals surface area contributed by atoms with E-state index >= 15 is 0 Å². The van der Waals surface area contributed by atoms with Crippen LogP contribution >= 0.6 is 0 Å². The van der Waals surface area contributed by atoms with Gasteiger partial charge < -0.3 is 9.47 Å². The Kier molecular flexibility index (Phi) is 6.19. The normalized spacial score (nSPS) is 21.7. The Morgan fingerprint density at radius 3 is 1.44 bits per heavy atom. The zero-order chi connectivity index (χ0) is 13.4. The highest BCUT2D eigenvalue weighted by Gasteiger charge is 2.16. The monoisotopic (exact) mass is 252 g/mol. The Balaban J connectivity index is 2.35. The van der Waals surface area contributed by atoms with Crippen LogP contribution in [0.2, 0.25) is 0 Å². The zero-order valence-electron chi connectivity index (χ0n) is 10.9. The van der Waals surface area contributed by atoms with Gasteiger partial charge in [-0.1, -0.05) is 24.3 Å². The van der Waals surface area contributed by atoms with Crippen molar-refractivity contribution >= 4 is 11.9 Å². The van der Waals surface area contributed by atoms with Crippen LogP contribution in [0.5, 0.6) is 0 Å². The van der Waals surface area contributed by atoms with E-state index in [1.807, 2.05) is 24.3 Å². The van der Waals surface area contributed by atoms with Crippen molar-refractivity contribution in [3.8, 4) is 0 Å². The van der Waals surface area contributed by atoms with Gasteiger partial charge in [-0.2, -0.15) is 0 Å². The third kappa shape index (κ3) is 5.17. The van der Waals surface area contributed by atoms with Crippen LogP contribution in [0.25, 0.3) is 0 Å². The number of allylic oxidation sites excluding steroid dienone is 4. The summed E-state index contributed by atoms with van der Waals surface area (Å²) in [6.07, 6.45) is 8.49. The van der Waals surface area contributed by atoms with Crippen molar-refractivity contribution in [2.45, 2.75) is 26.7 Å². The summed E-state index contributed by atoms with van der Waals surface area (Å²) >= 11 is 0. The highest BCUT2D eigenvalue weighted by molar-refractivity contribution is 5.71. The van der Waals surface area contributed by atoms with Gasteiger partial charge >= 0.3 is 11.9 Å². The van der Waals surface area contributed by atoms with Crippen LogP contribution in [0.4, 0.5) is 0 Å². The molecule has 0 amide bonds. The Morgan fingerprint density at radius 2 is 1.17 bits per heavy atom. The summed E-state index contributed by atoms with van der Waals surface area (Å²) < 4.78 is 9.77. The van der Waals surface area contributed by atoms with Crippen molar-refractivity contribution in [1.82, 2.24) is 0 Å². The van der Waals surface area contributed by atoms with E-state index < -0.39 is 0 Å². The van der Waals surface area contributed by atoms with Crippen molar-refractivity contribution in [2.75, 3.05) is 13.2 Å². The molecule has 1 aliphatic carbocycles. The van der Waals surface area contributed by atoms with Crippen LogP contribution < -0.4 is 0 Å². The molecule has 0 saturated carbocycles. The molecule has 0 saturated heterocycles. The Labute approximate surface area is 108 Å². The first-order chi connectivity index (χ1) is 8.65. The fourth-order valence-corrected chi connectivity index (χ4v) is 1.80. The number of carbonyl (C=O) groups is 2. The molecular weight excluding hydrogens is 232 g/mol. The topological polar surface area (TPSA) is 52.6 Å². The largest absolute Gasteiger partial charge is 0.466 e. The fourth-order valence-electron chi connectivity index (χ4n) is 1.80. The average Bonchev–Trinajstić information content (AvgIpc) is 2.32. The Hall–Kier alpha value is -1.58. The maximum atomic E-state index is 11.3. The molecule has 100 valence electrons. The fraction of sp³-hybridized carbons (Fsp3) is 0.571. The van der Waals surface area contributed by atoms with E-state index in [0.717, 1.165) is 0 Å². The number of rotatable bonds is 6. The molecule has 0 heterocycles. The second-order valence-corrected chi connectivity index (χ2v) is 4.12. The molecule has 4 nitrogen and oxygen atoms in total. The Morgan fingerprint density at radius 1 is 0.833 bits per heavy atom. The second kappa shape index (κ2) is 7.69. The number of carbonyl (C=O) groups excluding carboxylic acids is 2. The molecule has 0 aromatic rings. The molecule has 0 N–H and O–H groups in total. The van der Waals surface area contributed by atoms with Gasteiger partial charge in [-0.05, 0) is 13.8 Å². The van der Waals surface area contributed by atoms with Gasteiger partial charge in [-0.25, -0.2) is 0 Å². The summed E-state index contributed by atoms with van der Waals surface area (Å²) in [7, 11) is 0.